The van der Waals surface area contributed by atoms with Crippen molar-refractivity contribution in [2.24, 2.45) is 17.3 Å². The second-order valence-electron chi connectivity index (χ2n) is 10.1. The van der Waals surface area contributed by atoms with Gasteiger partial charge in [0.25, 0.3) is 0 Å². The Bertz CT molecular complexity index is 909. The van der Waals surface area contributed by atoms with Gasteiger partial charge in [0.05, 0.1) is 10.6 Å². The normalized spacial score (nSPS) is 19.5. The lowest BCUT2D eigenvalue weighted by Crippen LogP contribution is -2.45. The van der Waals surface area contributed by atoms with Crippen LogP contribution in [0.4, 0.5) is 5.69 Å². The SMILES string of the molecule is CC(CC(=O)N(C)C)N(c1cc(C#CC(C)(C)C)sc1C(=O)O)C(=O)[C@H]1CC[C@H](C)CC1. The third-order valence-electron chi connectivity index (χ3n) is 5.74. The molecule has 2 amide bonds. The number of carboxylic acids is 1. The van der Waals surface area contributed by atoms with Gasteiger partial charge in [0, 0.05) is 37.9 Å². The number of aromatic carboxylic acids is 1. The van der Waals surface area contributed by atoms with E-state index in [1.54, 1.807) is 25.1 Å². The molecule has 2 rings (SSSR count). The van der Waals surface area contributed by atoms with Crippen molar-refractivity contribution in [3.05, 3.63) is 15.8 Å². The largest absolute Gasteiger partial charge is 0.477 e. The maximum atomic E-state index is 13.7. The van der Waals surface area contributed by atoms with Gasteiger partial charge >= 0.3 is 5.97 Å². The van der Waals surface area contributed by atoms with E-state index >= 15 is 0 Å². The second-order valence-corrected chi connectivity index (χ2v) is 11.2. The number of anilines is 1. The Kier molecular flexibility index (Phi) is 8.53. The fourth-order valence-corrected chi connectivity index (χ4v) is 4.67. The van der Waals surface area contributed by atoms with Crippen LogP contribution in [0.1, 0.15) is 81.3 Å². The molecule has 7 heteroatoms. The quantitative estimate of drug-likeness (QED) is 0.615. The maximum absolute atomic E-state index is 13.7. The summed E-state index contributed by atoms with van der Waals surface area (Å²) < 4.78 is 0. The number of hydrogen-bond acceptors (Lipinski definition) is 4. The molecule has 6 nitrogen and oxygen atoms in total. The third-order valence-corrected chi connectivity index (χ3v) is 6.77. The molecule has 0 aliphatic heterocycles. The Balaban J connectivity index is 2.51. The molecule has 1 aliphatic carbocycles. The monoisotopic (exact) mass is 460 g/mol. The van der Waals surface area contributed by atoms with Gasteiger partial charge < -0.3 is 14.9 Å². The first-order valence-corrected chi connectivity index (χ1v) is 12.0. The first-order valence-electron chi connectivity index (χ1n) is 11.2. The summed E-state index contributed by atoms with van der Waals surface area (Å²) in [5.41, 5.74) is 0.121. The Morgan fingerprint density at radius 1 is 1.19 bits per heavy atom. The summed E-state index contributed by atoms with van der Waals surface area (Å²) in [6.07, 6.45) is 3.65. The predicted molar refractivity (Wildman–Crippen MR) is 129 cm³/mol. The molecular weight excluding hydrogens is 424 g/mol. The summed E-state index contributed by atoms with van der Waals surface area (Å²) in [5, 5.41) is 9.88. The van der Waals surface area contributed by atoms with Gasteiger partial charge in [-0.2, -0.15) is 0 Å². The number of carbonyl (C=O) groups is 3. The lowest BCUT2D eigenvalue weighted by molar-refractivity contribution is -0.129. The highest BCUT2D eigenvalue weighted by atomic mass is 32.1. The molecule has 1 aromatic heterocycles. The van der Waals surface area contributed by atoms with Crippen LogP contribution in [0.5, 0.6) is 0 Å². The van der Waals surface area contributed by atoms with E-state index in [4.69, 9.17) is 0 Å². The van der Waals surface area contributed by atoms with Gasteiger partial charge in [0.1, 0.15) is 4.88 Å². The predicted octanol–water partition coefficient (Wildman–Crippen LogP) is 4.87. The summed E-state index contributed by atoms with van der Waals surface area (Å²) in [5.74, 6) is 5.35. The molecular formula is C25H36N2O4S. The zero-order valence-electron chi connectivity index (χ0n) is 20.3. The highest BCUT2D eigenvalue weighted by molar-refractivity contribution is 7.15. The van der Waals surface area contributed by atoms with Crippen LogP contribution in [0.25, 0.3) is 0 Å². The van der Waals surface area contributed by atoms with Crippen molar-refractivity contribution >= 4 is 34.8 Å². The smallest absolute Gasteiger partial charge is 0.348 e. The number of carbonyl (C=O) groups excluding carboxylic acids is 2. The Labute approximate surface area is 196 Å². The van der Waals surface area contributed by atoms with Gasteiger partial charge in [-0.1, -0.05) is 18.8 Å². The van der Waals surface area contributed by atoms with Crippen LogP contribution in [0.3, 0.4) is 0 Å². The van der Waals surface area contributed by atoms with Gasteiger partial charge in [-0.3, -0.25) is 9.59 Å². The summed E-state index contributed by atoms with van der Waals surface area (Å²) >= 11 is 1.08. The summed E-state index contributed by atoms with van der Waals surface area (Å²) in [4.78, 5) is 41.9. The number of rotatable bonds is 6. The number of amides is 2. The van der Waals surface area contributed by atoms with Crippen LogP contribution in [-0.2, 0) is 9.59 Å². The van der Waals surface area contributed by atoms with Gasteiger partial charge in [0.2, 0.25) is 11.8 Å². The van der Waals surface area contributed by atoms with Gasteiger partial charge in [-0.25, -0.2) is 4.79 Å². The first kappa shape index (κ1) is 25.9. The van der Waals surface area contributed by atoms with Gasteiger partial charge in [-0.15, -0.1) is 11.3 Å². The average Bonchev–Trinajstić information content (AvgIpc) is 3.10. The van der Waals surface area contributed by atoms with Crippen molar-refractivity contribution in [2.45, 2.75) is 72.8 Å². The molecule has 1 fully saturated rings. The molecule has 0 aromatic carbocycles. The molecule has 1 aliphatic rings. The van der Waals surface area contributed by atoms with Crippen LogP contribution in [0.2, 0.25) is 0 Å². The zero-order chi connectivity index (χ0) is 24.2. The highest BCUT2D eigenvalue weighted by Crippen LogP contribution is 2.36. The van der Waals surface area contributed by atoms with Crippen LogP contribution >= 0.6 is 11.3 Å². The van der Waals surface area contributed by atoms with Crippen molar-refractivity contribution in [1.29, 1.82) is 0 Å². The summed E-state index contributed by atoms with van der Waals surface area (Å²) in [6.45, 7) is 9.97. The van der Waals surface area contributed by atoms with Crippen molar-refractivity contribution < 1.29 is 19.5 Å². The van der Waals surface area contributed by atoms with E-state index in [9.17, 15) is 19.5 Å². The summed E-state index contributed by atoms with van der Waals surface area (Å²) in [6, 6.07) is 1.24. The third kappa shape index (κ3) is 6.83. The Morgan fingerprint density at radius 3 is 2.28 bits per heavy atom. The van der Waals surface area contributed by atoms with E-state index in [2.05, 4.69) is 18.8 Å². The zero-order valence-corrected chi connectivity index (χ0v) is 21.1. The molecule has 1 unspecified atom stereocenters. The van der Waals surface area contributed by atoms with Crippen LogP contribution in [0, 0.1) is 29.1 Å². The first-order chi connectivity index (χ1) is 14.8. The van der Waals surface area contributed by atoms with E-state index in [-0.39, 0.29) is 34.4 Å². The fraction of sp³-hybridized carbons (Fsp3) is 0.640. The van der Waals surface area contributed by atoms with Gasteiger partial charge in [0.15, 0.2) is 0 Å². The topological polar surface area (TPSA) is 77.9 Å². The average molecular weight is 461 g/mol. The Hall–Kier alpha value is -2.33. The molecule has 0 saturated heterocycles. The molecule has 1 atom stereocenters. The number of thiophene rings is 1. The summed E-state index contributed by atoms with van der Waals surface area (Å²) in [7, 11) is 3.36. The van der Waals surface area contributed by atoms with Crippen molar-refractivity contribution in [2.75, 3.05) is 19.0 Å². The van der Waals surface area contributed by atoms with E-state index in [0.717, 1.165) is 37.0 Å². The second kappa shape index (κ2) is 10.5. The number of nitrogens with zero attached hydrogens (tertiary/aromatic N) is 2. The van der Waals surface area contributed by atoms with Crippen LogP contribution < -0.4 is 4.90 Å². The number of carboxylic acid groups (broad SMARTS) is 1. The molecule has 1 heterocycles. The molecule has 0 bridgehead atoms. The van der Waals surface area contributed by atoms with Crippen LogP contribution in [0.15, 0.2) is 6.07 Å². The van der Waals surface area contributed by atoms with Gasteiger partial charge in [-0.05, 0) is 65.4 Å². The lowest BCUT2D eigenvalue weighted by Gasteiger charge is -2.35. The molecule has 32 heavy (non-hydrogen) atoms. The van der Waals surface area contributed by atoms with E-state index in [0.29, 0.717) is 16.5 Å². The molecule has 1 aromatic rings. The van der Waals surface area contributed by atoms with E-state index < -0.39 is 12.0 Å². The lowest BCUT2D eigenvalue weighted by atomic mass is 9.82. The maximum Gasteiger partial charge on any atom is 0.348 e. The molecule has 1 N–H and O–H groups in total. The Morgan fingerprint density at radius 2 is 1.78 bits per heavy atom. The minimum atomic E-state index is -1.09. The molecule has 0 radical (unpaired) electrons. The minimum Gasteiger partial charge on any atom is -0.477 e. The van der Waals surface area contributed by atoms with Crippen molar-refractivity contribution in [3.8, 4) is 11.8 Å². The standard InChI is InChI=1S/C25H36N2O4S/c1-16-8-10-18(11-9-16)23(29)27(17(2)14-21(28)26(6)7)20-15-19(12-13-25(3,4)5)32-22(20)24(30)31/h15-18H,8-11,14H2,1-7H3,(H,30,31)/t16-,17?,18-. The van der Waals surface area contributed by atoms with Crippen molar-refractivity contribution in [1.82, 2.24) is 4.90 Å². The van der Waals surface area contributed by atoms with Crippen LogP contribution in [-0.4, -0.2) is 47.9 Å². The number of hydrogen-bond donors (Lipinski definition) is 1. The molecule has 176 valence electrons. The van der Waals surface area contributed by atoms with E-state index in [1.807, 2.05) is 27.7 Å². The highest BCUT2D eigenvalue weighted by Gasteiger charge is 2.35. The minimum absolute atomic E-state index is 0.0879. The fourth-order valence-electron chi connectivity index (χ4n) is 3.83. The molecule has 1 saturated carbocycles. The van der Waals surface area contributed by atoms with E-state index in [1.165, 1.54) is 4.90 Å². The van der Waals surface area contributed by atoms with Crippen molar-refractivity contribution in [3.63, 3.8) is 0 Å². The molecule has 0 spiro atoms.